The van der Waals surface area contributed by atoms with Crippen LogP contribution in [0.4, 0.5) is 0 Å². The molecular formula is C26H26ClNOS. The summed E-state index contributed by atoms with van der Waals surface area (Å²) in [6.45, 7) is 1.70. The number of halogens is 1. The number of rotatable bonds is 6. The first kappa shape index (κ1) is 21.0. The van der Waals surface area contributed by atoms with Gasteiger partial charge in [0.05, 0.1) is 0 Å². The number of carbonyl (C=O) groups is 1. The number of hydrogen-bond donors (Lipinski definition) is 0. The topological polar surface area (TPSA) is 20.3 Å². The molecule has 0 bridgehead atoms. The minimum absolute atomic E-state index is 0.157. The Morgan fingerprint density at radius 1 is 0.867 bits per heavy atom. The molecule has 0 aromatic heterocycles. The molecule has 0 atom stereocenters. The average molecular weight is 436 g/mol. The molecule has 0 unspecified atom stereocenters. The van der Waals surface area contributed by atoms with Gasteiger partial charge in [0.15, 0.2) is 0 Å². The van der Waals surface area contributed by atoms with E-state index in [1.165, 1.54) is 16.0 Å². The van der Waals surface area contributed by atoms with Crippen molar-refractivity contribution in [1.29, 1.82) is 0 Å². The highest BCUT2D eigenvalue weighted by atomic mass is 35.5. The molecule has 1 fully saturated rings. The van der Waals surface area contributed by atoms with E-state index < -0.39 is 0 Å². The number of likely N-dealkylation sites (tertiary alicyclic amines) is 1. The van der Waals surface area contributed by atoms with Gasteiger partial charge in [-0.25, -0.2) is 0 Å². The second kappa shape index (κ2) is 10.2. The van der Waals surface area contributed by atoms with E-state index >= 15 is 0 Å². The van der Waals surface area contributed by atoms with Crippen LogP contribution < -0.4 is 0 Å². The van der Waals surface area contributed by atoms with Gasteiger partial charge in [0, 0.05) is 34.3 Å². The summed E-state index contributed by atoms with van der Waals surface area (Å²) in [4.78, 5) is 16.1. The number of benzene rings is 3. The fourth-order valence-electron chi connectivity index (χ4n) is 3.91. The molecule has 1 saturated heterocycles. The molecule has 4 heteroatoms. The van der Waals surface area contributed by atoms with Crippen LogP contribution >= 0.6 is 23.4 Å². The van der Waals surface area contributed by atoms with E-state index in [0.29, 0.717) is 5.92 Å². The monoisotopic (exact) mass is 435 g/mol. The van der Waals surface area contributed by atoms with E-state index in [1.54, 1.807) is 11.8 Å². The minimum atomic E-state index is 0.157. The minimum Gasteiger partial charge on any atom is -0.339 e. The lowest BCUT2D eigenvalue weighted by Gasteiger charge is -2.32. The third-order valence-electron chi connectivity index (χ3n) is 5.69. The van der Waals surface area contributed by atoms with Crippen molar-refractivity contribution in [3.63, 3.8) is 0 Å². The summed E-state index contributed by atoms with van der Waals surface area (Å²) < 4.78 is 0. The van der Waals surface area contributed by atoms with Crippen molar-refractivity contribution in [2.75, 3.05) is 13.1 Å². The van der Waals surface area contributed by atoms with Crippen molar-refractivity contribution in [2.45, 2.75) is 29.9 Å². The quantitative estimate of drug-likeness (QED) is 0.400. The molecule has 3 aromatic rings. The molecule has 1 amide bonds. The molecule has 154 valence electrons. The average Bonchev–Trinajstić information content (AvgIpc) is 2.80. The van der Waals surface area contributed by atoms with Crippen LogP contribution in [0.15, 0.2) is 83.8 Å². The summed E-state index contributed by atoms with van der Waals surface area (Å²) in [5.74, 6) is 1.70. The third-order valence-corrected chi connectivity index (χ3v) is 7.02. The predicted octanol–water partition coefficient (Wildman–Crippen LogP) is 6.73. The van der Waals surface area contributed by atoms with E-state index in [4.69, 9.17) is 11.6 Å². The molecule has 30 heavy (non-hydrogen) atoms. The number of carbonyl (C=O) groups excluding carboxylic acids is 1. The van der Waals surface area contributed by atoms with Crippen LogP contribution in [-0.2, 0) is 12.2 Å². The zero-order valence-electron chi connectivity index (χ0n) is 17.0. The van der Waals surface area contributed by atoms with Crippen molar-refractivity contribution in [3.05, 3.63) is 101 Å². The van der Waals surface area contributed by atoms with Crippen LogP contribution in [0.3, 0.4) is 0 Å². The Morgan fingerprint density at radius 3 is 2.20 bits per heavy atom. The maximum Gasteiger partial charge on any atom is 0.253 e. The van der Waals surface area contributed by atoms with Crippen LogP contribution in [0.5, 0.6) is 0 Å². The second-order valence-electron chi connectivity index (χ2n) is 7.86. The van der Waals surface area contributed by atoms with Gasteiger partial charge in [0.25, 0.3) is 5.91 Å². The van der Waals surface area contributed by atoms with E-state index in [9.17, 15) is 4.79 Å². The Kier molecular flexibility index (Phi) is 7.14. The Labute approximate surface area is 188 Å². The smallest absolute Gasteiger partial charge is 0.253 e. The highest BCUT2D eigenvalue weighted by Crippen LogP contribution is 2.25. The van der Waals surface area contributed by atoms with Gasteiger partial charge < -0.3 is 4.90 Å². The summed E-state index contributed by atoms with van der Waals surface area (Å²) in [6.07, 6.45) is 3.27. The molecule has 4 rings (SSSR count). The zero-order chi connectivity index (χ0) is 20.8. The first-order chi connectivity index (χ1) is 14.7. The van der Waals surface area contributed by atoms with Gasteiger partial charge in [-0.05, 0) is 72.7 Å². The first-order valence-corrected chi connectivity index (χ1v) is 11.8. The van der Waals surface area contributed by atoms with Gasteiger partial charge in [-0.3, -0.25) is 4.79 Å². The lowest BCUT2D eigenvalue weighted by Crippen LogP contribution is -2.38. The van der Waals surface area contributed by atoms with Crippen LogP contribution in [0.1, 0.15) is 34.3 Å². The molecule has 2 nitrogen and oxygen atoms in total. The van der Waals surface area contributed by atoms with Crippen molar-refractivity contribution in [1.82, 2.24) is 4.90 Å². The molecule has 0 aliphatic carbocycles. The van der Waals surface area contributed by atoms with Crippen LogP contribution in [-0.4, -0.2) is 23.9 Å². The van der Waals surface area contributed by atoms with Gasteiger partial charge in [0.1, 0.15) is 0 Å². The SMILES string of the molecule is O=C(c1ccc(CSc2ccc(Cl)cc2)cc1)N1CCC(Cc2ccccc2)CC1. The lowest BCUT2D eigenvalue weighted by atomic mass is 9.90. The number of nitrogens with zero attached hydrogens (tertiary/aromatic N) is 1. The predicted molar refractivity (Wildman–Crippen MR) is 126 cm³/mol. The van der Waals surface area contributed by atoms with Gasteiger partial charge >= 0.3 is 0 Å². The van der Waals surface area contributed by atoms with Gasteiger partial charge in [-0.15, -0.1) is 11.8 Å². The standard InChI is InChI=1S/C26H26ClNOS/c27-24-10-12-25(13-11-24)30-19-22-6-8-23(9-7-22)26(29)28-16-14-21(15-17-28)18-20-4-2-1-3-5-20/h1-13,21H,14-19H2. The maximum absolute atomic E-state index is 12.9. The number of amides is 1. The number of hydrogen-bond acceptors (Lipinski definition) is 2. The third kappa shape index (κ3) is 5.68. The molecule has 0 saturated carbocycles. The molecule has 0 spiro atoms. The molecule has 0 N–H and O–H groups in total. The van der Waals surface area contributed by atoms with Gasteiger partial charge in [-0.1, -0.05) is 54.1 Å². The maximum atomic E-state index is 12.9. The van der Waals surface area contributed by atoms with E-state index in [2.05, 4.69) is 42.5 Å². The summed E-state index contributed by atoms with van der Waals surface area (Å²) in [5, 5.41) is 0.756. The molecule has 1 aliphatic heterocycles. The molecule has 1 aliphatic rings. The van der Waals surface area contributed by atoms with Gasteiger partial charge in [0.2, 0.25) is 0 Å². The largest absolute Gasteiger partial charge is 0.339 e. The fraction of sp³-hybridized carbons (Fsp3) is 0.269. The molecule has 3 aromatic carbocycles. The second-order valence-corrected chi connectivity index (χ2v) is 9.35. The normalized spacial score (nSPS) is 14.6. The Morgan fingerprint density at radius 2 is 1.53 bits per heavy atom. The van der Waals surface area contributed by atoms with E-state index in [1.807, 2.05) is 41.3 Å². The van der Waals surface area contributed by atoms with Crippen molar-refractivity contribution in [2.24, 2.45) is 5.92 Å². The van der Waals surface area contributed by atoms with Crippen molar-refractivity contribution >= 4 is 29.3 Å². The summed E-state index contributed by atoms with van der Waals surface area (Å²) in [6, 6.07) is 26.6. The van der Waals surface area contributed by atoms with Crippen LogP contribution in [0.25, 0.3) is 0 Å². The van der Waals surface area contributed by atoms with Crippen molar-refractivity contribution < 1.29 is 4.79 Å². The first-order valence-electron chi connectivity index (χ1n) is 10.5. The van der Waals surface area contributed by atoms with E-state index in [-0.39, 0.29) is 5.91 Å². The van der Waals surface area contributed by atoms with E-state index in [0.717, 1.165) is 48.7 Å². The summed E-state index contributed by atoms with van der Waals surface area (Å²) >= 11 is 7.71. The number of thioether (sulfide) groups is 1. The Balaban J connectivity index is 1.27. The van der Waals surface area contributed by atoms with Crippen molar-refractivity contribution in [3.8, 4) is 0 Å². The zero-order valence-corrected chi connectivity index (χ0v) is 18.5. The highest BCUT2D eigenvalue weighted by molar-refractivity contribution is 7.98. The molecular weight excluding hydrogens is 410 g/mol. The highest BCUT2D eigenvalue weighted by Gasteiger charge is 2.23. The van der Waals surface area contributed by atoms with Crippen LogP contribution in [0, 0.1) is 5.92 Å². The summed E-state index contributed by atoms with van der Waals surface area (Å²) in [5.41, 5.74) is 3.40. The number of piperidine rings is 1. The Bertz CT molecular complexity index is 949. The summed E-state index contributed by atoms with van der Waals surface area (Å²) in [7, 11) is 0. The van der Waals surface area contributed by atoms with Gasteiger partial charge in [-0.2, -0.15) is 0 Å². The lowest BCUT2D eigenvalue weighted by molar-refractivity contribution is 0.0690. The Hall–Kier alpha value is -2.23. The molecule has 0 radical (unpaired) electrons. The fourth-order valence-corrected chi connectivity index (χ4v) is 4.89. The van der Waals surface area contributed by atoms with Crippen LogP contribution in [0.2, 0.25) is 5.02 Å². The molecule has 1 heterocycles.